The van der Waals surface area contributed by atoms with Crippen molar-refractivity contribution in [3.63, 3.8) is 0 Å². The number of aromatic nitrogens is 2. The van der Waals surface area contributed by atoms with E-state index < -0.39 is 10.0 Å². The molecule has 3 aromatic carbocycles. The molecule has 42 heavy (non-hydrogen) atoms. The second kappa shape index (κ2) is 13.3. The number of nitrogens with zero attached hydrogens (tertiary/aromatic N) is 5. The first kappa shape index (κ1) is 29.5. The van der Waals surface area contributed by atoms with E-state index in [0.717, 1.165) is 11.1 Å². The lowest BCUT2D eigenvalue weighted by atomic mass is 10.1. The molecule has 11 heteroatoms. The fourth-order valence-corrected chi connectivity index (χ4v) is 6.44. The second-order valence-electron chi connectivity index (χ2n) is 9.87. The summed E-state index contributed by atoms with van der Waals surface area (Å²) in [4.78, 5) is 17.3. The molecule has 1 aliphatic heterocycles. The molecule has 9 nitrogen and oxygen atoms in total. The number of methoxy groups -OCH3 is 1. The van der Waals surface area contributed by atoms with Gasteiger partial charge in [0, 0.05) is 38.3 Å². The molecule has 0 aliphatic carbocycles. The fourth-order valence-electron chi connectivity index (χ4n) is 4.82. The summed E-state index contributed by atoms with van der Waals surface area (Å²) in [7, 11) is -2.40. The van der Waals surface area contributed by atoms with Gasteiger partial charge in [-0.1, -0.05) is 60.1 Å². The summed E-state index contributed by atoms with van der Waals surface area (Å²) in [5.74, 6) is 1.03. The number of benzene rings is 3. The second-order valence-corrected chi connectivity index (χ2v) is 12.2. The van der Waals surface area contributed by atoms with Gasteiger partial charge in [0.05, 0.1) is 29.3 Å². The van der Waals surface area contributed by atoms with Crippen molar-refractivity contribution < 1.29 is 17.9 Å². The van der Waals surface area contributed by atoms with Crippen molar-refractivity contribution in [1.82, 2.24) is 19.4 Å². The standard InChI is InChI=1S/C31H32ClN5O4S/c1-41-25-11-13-26(14-12-25)42(39,40)37(18-17-24-7-3-2-4-8-24)23-31(38)36-21-19-35(20-22-36)30-16-15-29(33-34-30)27-9-5-6-10-28(27)32/h2-16H,17-23H2,1H3. The first-order valence-corrected chi connectivity index (χ1v) is 15.5. The summed E-state index contributed by atoms with van der Waals surface area (Å²) < 4.78 is 33.7. The summed E-state index contributed by atoms with van der Waals surface area (Å²) in [6, 6.07) is 27.1. The van der Waals surface area contributed by atoms with E-state index in [0.29, 0.717) is 54.9 Å². The van der Waals surface area contributed by atoms with Crippen LogP contribution in [0.1, 0.15) is 5.56 Å². The van der Waals surface area contributed by atoms with Crippen molar-refractivity contribution >= 4 is 33.3 Å². The Kier molecular flexibility index (Phi) is 9.36. The lowest BCUT2D eigenvalue weighted by Gasteiger charge is -2.36. The highest BCUT2D eigenvalue weighted by atomic mass is 35.5. The van der Waals surface area contributed by atoms with Crippen LogP contribution < -0.4 is 9.64 Å². The normalized spacial score (nSPS) is 13.8. The Hall–Kier alpha value is -3.99. The van der Waals surface area contributed by atoms with E-state index in [1.807, 2.05) is 66.7 Å². The molecule has 4 aromatic rings. The van der Waals surface area contributed by atoms with Gasteiger partial charge in [0.2, 0.25) is 15.9 Å². The molecule has 1 aliphatic rings. The Labute approximate surface area is 251 Å². The Morgan fingerprint density at radius 1 is 0.881 bits per heavy atom. The summed E-state index contributed by atoms with van der Waals surface area (Å²) in [5, 5.41) is 9.35. The highest BCUT2D eigenvalue weighted by Gasteiger charge is 2.30. The van der Waals surface area contributed by atoms with Crippen molar-refractivity contribution in [2.45, 2.75) is 11.3 Å². The zero-order chi connectivity index (χ0) is 29.5. The van der Waals surface area contributed by atoms with Crippen molar-refractivity contribution in [2.75, 3.05) is 51.3 Å². The van der Waals surface area contributed by atoms with Gasteiger partial charge >= 0.3 is 0 Å². The monoisotopic (exact) mass is 605 g/mol. The molecule has 0 atom stereocenters. The Morgan fingerprint density at radius 2 is 1.57 bits per heavy atom. The van der Waals surface area contributed by atoms with Crippen LogP contribution in [0.4, 0.5) is 5.82 Å². The van der Waals surface area contributed by atoms with Crippen LogP contribution in [-0.2, 0) is 21.2 Å². The summed E-state index contributed by atoms with van der Waals surface area (Å²) in [6.07, 6.45) is 0.486. The molecule has 0 spiro atoms. The number of halogens is 1. The van der Waals surface area contributed by atoms with Gasteiger partial charge in [0.1, 0.15) is 5.75 Å². The molecule has 0 unspecified atom stereocenters. The smallest absolute Gasteiger partial charge is 0.243 e. The predicted octanol–water partition coefficient (Wildman–Crippen LogP) is 4.39. The number of carbonyl (C=O) groups is 1. The molecular formula is C31H32ClN5O4S. The molecule has 0 saturated carbocycles. The largest absolute Gasteiger partial charge is 0.497 e. The molecule has 1 aromatic heterocycles. The summed E-state index contributed by atoms with van der Waals surface area (Å²) in [5.41, 5.74) is 2.50. The van der Waals surface area contributed by atoms with Crippen LogP contribution >= 0.6 is 11.6 Å². The number of rotatable bonds is 10. The van der Waals surface area contributed by atoms with Crippen molar-refractivity contribution in [3.05, 3.63) is 102 Å². The van der Waals surface area contributed by atoms with E-state index >= 15 is 0 Å². The van der Waals surface area contributed by atoms with Gasteiger partial charge in [-0.15, -0.1) is 10.2 Å². The maximum absolute atomic E-state index is 13.6. The van der Waals surface area contributed by atoms with Gasteiger partial charge in [-0.3, -0.25) is 4.79 Å². The maximum Gasteiger partial charge on any atom is 0.243 e. The predicted molar refractivity (Wildman–Crippen MR) is 163 cm³/mol. The first-order chi connectivity index (χ1) is 20.3. The molecule has 0 radical (unpaired) electrons. The van der Waals surface area contributed by atoms with Crippen LogP contribution in [-0.4, -0.2) is 80.1 Å². The quantitative estimate of drug-likeness (QED) is 0.265. The lowest BCUT2D eigenvalue weighted by molar-refractivity contribution is -0.131. The Bertz CT molecular complexity index is 1590. The van der Waals surface area contributed by atoms with Crippen LogP contribution in [0.15, 0.2) is 95.9 Å². The van der Waals surface area contributed by atoms with Crippen molar-refractivity contribution in [2.24, 2.45) is 0 Å². The molecule has 5 rings (SSSR count). The first-order valence-electron chi connectivity index (χ1n) is 13.6. The van der Waals surface area contributed by atoms with Crippen molar-refractivity contribution in [3.8, 4) is 17.0 Å². The number of hydrogen-bond donors (Lipinski definition) is 0. The van der Waals surface area contributed by atoms with Gasteiger partial charge in [0.25, 0.3) is 0 Å². The van der Waals surface area contributed by atoms with Crippen molar-refractivity contribution in [1.29, 1.82) is 0 Å². The Balaban J connectivity index is 1.24. The zero-order valence-corrected chi connectivity index (χ0v) is 24.8. The van der Waals surface area contributed by atoms with E-state index in [4.69, 9.17) is 16.3 Å². The van der Waals surface area contributed by atoms with E-state index in [9.17, 15) is 13.2 Å². The van der Waals surface area contributed by atoms with Crippen LogP contribution in [0.5, 0.6) is 5.75 Å². The van der Waals surface area contributed by atoms with E-state index in [1.165, 1.54) is 23.5 Å². The topological polar surface area (TPSA) is 95.9 Å². The molecule has 1 fully saturated rings. The lowest BCUT2D eigenvalue weighted by Crippen LogP contribution is -2.52. The molecular weight excluding hydrogens is 574 g/mol. The molecule has 218 valence electrons. The maximum atomic E-state index is 13.6. The number of sulfonamides is 1. The highest BCUT2D eigenvalue weighted by Crippen LogP contribution is 2.26. The molecule has 1 amide bonds. The van der Waals surface area contributed by atoms with Gasteiger partial charge in [0.15, 0.2) is 5.82 Å². The fraction of sp³-hybridized carbons (Fsp3) is 0.258. The van der Waals surface area contributed by atoms with Gasteiger partial charge in [-0.25, -0.2) is 8.42 Å². The third kappa shape index (κ3) is 6.89. The average Bonchev–Trinajstić information content (AvgIpc) is 3.04. The van der Waals surface area contributed by atoms with Gasteiger partial charge < -0.3 is 14.5 Å². The number of anilines is 1. The Morgan fingerprint density at radius 3 is 2.21 bits per heavy atom. The summed E-state index contributed by atoms with van der Waals surface area (Å²) >= 11 is 6.29. The van der Waals surface area contributed by atoms with Crippen LogP contribution in [0.3, 0.4) is 0 Å². The van der Waals surface area contributed by atoms with Crippen LogP contribution in [0, 0.1) is 0 Å². The van der Waals surface area contributed by atoms with Crippen LogP contribution in [0.2, 0.25) is 5.02 Å². The van der Waals surface area contributed by atoms with E-state index in [1.54, 1.807) is 17.0 Å². The zero-order valence-electron chi connectivity index (χ0n) is 23.3. The molecule has 0 bridgehead atoms. The highest BCUT2D eigenvalue weighted by molar-refractivity contribution is 7.89. The minimum atomic E-state index is -3.92. The van der Waals surface area contributed by atoms with Gasteiger partial charge in [-0.2, -0.15) is 4.31 Å². The molecule has 0 N–H and O–H groups in total. The summed E-state index contributed by atoms with van der Waals surface area (Å²) in [6.45, 7) is 1.94. The number of carbonyl (C=O) groups excluding carboxylic acids is 1. The third-order valence-corrected chi connectivity index (χ3v) is 9.45. The molecule has 1 saturated heterocycles. The number of piperazine rings is 1. The number of hydrogen-bond acceptors (Lipinski definition) is 7. The van der Waals surface area contributed by atoms with Crippen LogP contribution in [0.25, 0.3) is 11.3 Å². The third-order valence-electron chi connectivity index (χ3n) is 7.26. The minimum Gasteiger partial charge on any atom is -0.497 e. The number of ether oxygens (including phenoxy) is 1. The average molecular weight is 606 g/mol. The SMILES string of the molecule is COc1ccc(S(=O)(=O)N(CCc2ccccc2)CC(=O)N2CCN(c3ccc(-c4ccccc4Cl)nn3)CC2)cc1. The van der Waals surface area contributed by atoms with E-state index in [2.05, 4.69) is 15.1 Å². The van der Waals surface area contributed by atoms with E-state index in [-0.39, 0.29) is 23.9 Å². The number of amides is 1. The minimum absolute atomic E-state index is 0.118. The molecule has 2 heterocycles. The van der Waals surface area contributed by atoms with Gasteiger partial charge in [-0.05, 0) is 54.4 Å².